The highest BCUT2D eigenvalue weighted by Gasteiger charge is 2.45. The first-order valence-corrected chi connectivity index (χ1v) is 14.1. The molecule has 0 unspecified atom stereocenters. The zero-order valence-corrected chi connectivity index (χ0v) is 21.4. The average Bonchev–Trinajstić information content (AvgIpc) is 3.52. The van der Waals surface area contributed by atoms with E-state index in [0.29, 0.717) is 22.8 Å². The number of carbonyl (C=O) groups excluding carboxylic acids is 1. The summed E-state index contributed by atoms with van der Waals surface area (Å²) >= 11 is 0. The number of aromatic nitrogens is 1. The highest BCUT2D eigenvalue weighted by atomic mass is 32.2. The highest BCUT2D eigenvalue weighted by Crippen LogP contribution is 2.35. The summed E-state index contributed by atoms with van der Waals surface area (Å²) in [5.74, 6) is 1.27. The molecule has 3 aliphatic rings. The molecule has 1 aromatic heterocycles. The summed E-state index contributed by atoms with van der Waals surface area (Å²) in [5, 5.41) is 11.7. The third-order valence-corrected chi connectivity index (χ3v) is 8.19. The van der Waals surface area contributed by atoms with Crippen LogP contribution in [0.25, 0.3) is 11.3 Å². The maximum Gasteiger partial charge on any atom is 0.397 e. The van der Waals surface area contributed by atoms with Crippen molar-refractivity contribution in [3.8, 4) is 17.3 Å². The van der Waals surface area contributed by atoms with E-state index >= 15 is 0 Å². The summed E-state index contributed by atoms with van der Waals surface area (Å²) < 4.78 is 53.2. The largest absolute Gasteiger partial charge is 0.448 e. The Labute approximate surface area is 216 Å². The number of halogens is 3. The van der Waals surface area contributed by atoms with E-state index in [1.165, 1.54) is 12.7 Å². The standard InChI is InChI=1S/C15H15F3N2O2S.C11H16N2O/c16-15(17,18)9-14-19-13(10-22-14)11-1-3-12(4-2-11)20-5-7-23(21)8-6-20;12-8-11(6-7-11)13-10(14)9-4-2-1-3-5-9/h1-4,10H,5-9H2;9H,1-7H2,(H,13,14). The molecular weight excluding hydrogens is 505 g/mol. The summed E-state index contributed by atoms with van der Waals surface area (Å²) in [6.45, 7) is 1.48. The van der Waals surface area contributed by atoms with Crippen molar-refractivity contribution in [3.63, 3.8) is 0 Å². The van der Waals surface area contributed by atoms with Crippen LogP contribution in [-0.2, 0) is 22.0 Å². The second kappa shape index (κ2) is 11.7. The molecule has 1 aliphatic heterocycles. The van der Waals surface area contributed by atoms with E-state index in [1.54, 1.807) is 12.1 Å². The number of benzene rings is 1. The first-order valence-electron chi connectivity index (χ1n) is 12.6. The van der Waals surface area contributed by atoms with Gasteiger partial charge in [-0.15, -0.1) is 0 Å². The lowest BCUT2D eigenvalue weighted by molar-refractivity contribution is -0.131. The van der Waals surface area contributed by atoms with Crippen LogP contribution in [0.3, 0.4) is 0 Å². The number of rotatable bonds is 5. The quantitative estimate of drug-likeness (QED) is 0.592. The number of amides is 1. The Kier molecular flexibility index (Phi) is 8.57. The molecule has 1 amide bonds. The molecule has 11 heteroatoms. The third-order valence-electron chi connectivity index (χ3n) is 6.91. The van der Waals surface area contributed by atoms with E-state index < -0.39 is 28.9 Å². The molecule has 1 N–H and O–H groups in total. The third kappa shape index (κ3) is 7.81. The molecule has 2 saturated carbocycles. The molecule has 2 heterocycles. The number of anilines is 1. The highest BCUT2D eigenvalue weighted by molar-refractivity contribution is 7.85. The maximum atomic E-state index is 12.3. The van der Waals surface area contributed by atoms with Gasteiger partial charge < -0.3 is 14.6 Å². The van der Waals surface area contributed by atoms with Crippen LogP contribution in [0.15, 0.2) is 34.9 Å². The molecule has 2 aromatic rings. The Morgan fingerprint density at radius 3 is 2.38 bits per heavy atom. The Morgan fingerprint density at radius 1 is 1.16 bits per heavy atom. The first kappa shape index (κ1) is 27.2. The van der Waals surface area contributed by atoms with Gasteiger partial charge in [0.15, 0.2) is 0 Å². The number of carbonyl (C=O) groups is 1. The smallest absolute Gasteiger partial charge is 0.397 e. The van der Waals surface area contributed by atoms with Crippen LogP contribution in [0.4, 0.5) is 18.9 Å². The van der Waals surface area contributed by atoms with Crippen molar-refractivity contribution in [2.45, 2.75) is 63.1 Å². The predicted molar refractivity (Wildman–Crippen MR) is 134 cm³/mol. The number of hydrogen-bond acceptors (Lipinski definition) is 6. The van der Waals surface area contributed by atoms with Gasteiger partial charge in [0, 0.05) is 52.6 Å². The summed E-state index contributed by atoms with van der Waals surface area (Å²) in [6, 6.07) is 9.58. The minimum absolute atomic E-state index is 0.115. The lowest BCUT2D eigenvalue weighted by Gasteiger charge is -2.28. The van der Waals surface area contributed by atoms with Gasteiger partial charge in [-0.2, -0.15) is 18.4 Å². The van der Waals surface area contributed by atoms with Crippen molar-refractivity contribution in [2.24, 2.45) is 5.92 Å². The molecule has 0 atom stereocenters. The molecule has 0 spiro atoms. The van der Waals surface area contributed by atoms with Gasteiger partial charge in [0.2, 0.25) is 11.8 Å². The fraction of sp³-hybridized carbons (Fsp3) is 0.577. The molecule has 1 aromatic carbocycles. The SMILES string of the molecule is N#CC1(NC(=O)C2CCCCC2)CC1.O=S1CCN(c2ccc(-c3coc(CC(F)(F)F)n3)cc2)CC1. The maximum absolute atomic E-state index is 12.3. The lowest BCUT2D eigenvalue weighted by atomic mass is 9.88. The number of hydrogen-bond donors (Lipinski definition) is 1. The molecule has 3 fully saturated rings. The van der Waals surface area contributed by atoms with E-state index in [0.717, 1.165) is 57.3 Å². The van der Waals surface area contributed by atoms with Crippen LogP contribution in [0.1, 0.15) is 50.8 Å². The van der Waals surface area contributed by atoms with Gasteiger partial charge in [-0.25, -0.2) is 4.98 Å². The van der Waals surface area contributed by atoms with Crippen LogP contribution in [-0.4, -0.2) is 51.4 Å². The van der Waals surface area contributed by atoms with Crippen molar-refractivity contribution in [3.05, 3.63) is 36.4 Å². The minimum Gasteiger partial charge on any atom is -0.448 e. The Bertz CT molecular complexity index is 1120. The van der Waals surface area contributed by atoms with E-state index in [9.17, 15) is 22.2 Å². The van der Waals surface area contributed by atoms with Crippen molar-refractivity contribution in [1.82, 2.24) is 10.3 Å². The Hall–Kier alpha value is -2.87. The Balaban J connectivity index is 0.000000195. The average molecular weight is 537 g/mol. The van der Waals surface area contributed by atoms with Crippen molar-refractivity contribution < 1.29 is 26.6 Å². The van der Waals surface area contributed by atoms with Gasteiger partial charge in [-0.05, 0) is 37.8 Å². The number of nitrogens with one attached hydrogen (secondary N) is 1. The van der Waals surface area contributed by atoms with Crippen LogP contribution in [0.2, 0.25) is 0 Å². The van der Waals surface area contributed by atoms with Crippen LogP contribution >= 0.6 is 0 Å². The predicted octanol–water partition coefficient (Wildman–Crippen LogP) is 4.75. The zero-order chi connectivity index (χ0) is 26.5. The number of oxazole rings is 1. The number of nitriles is 1. The zero-order valence-electron chi connectivity index (χ0n) is 20.6. The molecule has 0 radical (unpaired) electrons. The van der Waals surface area contributed by atoms with E-state index in [2.05, 4.69) is 21.3 Å². The molecule has 200 valence electrons. The Morgan fingerprint density at radius 2 is 1.81 bits per heavy atom. The van der Waals surface area contributed by atoms with Crippen LogP contribution < -0.4 is 10.2 Å². The summed E-state index contributed by atoms with van der Waals surface area (Å²) in [7, 11) is -0.731. The fourth-order valence-corrected chi connectivity index (χ4v) is 5.58. The topological polar surface area (TPSA) is 99.2 Å². The molecule has 1 saturated heterocycles. The number of nitrogens with zero attached hydrogens (tertiary/aromatic N) is 3. The monoisotopic (exact) mass is 536 g/mol. The molecule has 37 heavy (non-hydrogen) atoms. The van der Waals surface area contributed by atoms with Crippen molar-refractivity contribution >= 4 is 22.4 Å². The number of alkyl halides is 3. The van der Waals surface area contributed by atoms with Gasteiger partial charge in [0.1, 0.15) is 23.9 Å². The van der Waals surface area contributed by atoms with Gasteiger partial charge >= 0.3 is 6.18 Å². The van der Waals surface area contributed by atoms with Crippen LogP contribution in [0.5, 0.6) is 0 Å². The van der Waals surface area contributed by atoms with Crippen molar-refractivity contribution in [1.29, 1.82) is 5.26 Å². The lowest BCUT2D eigenvalue weighted by Crippen LogP contribution is -2.40. The van der Waals surface area contributed by atoms with Gasteiger partial charge in [0.05, 0.1) is 6.07 Å². The molecule has 7 nitrogen and oxygen atoms in total. The molecule has 2 aliphatic carbocycles. The molecule has 0 bridgehead atoms. The first-order chi connectivity index (χ1) is 17.7. The normalized spacial score (nSPS) is 19.9. The van der Waals surface area contributed by atoms with Gasteiger partial charge in [-0.3, -0.25) is 9.00 Å². The van der Waals surface area contributed by atoms with Crippen LogP contribution in [0, 0.1) is 17.2 Å². The molecule has 5 rings (SSSR count). The molecular formula is C26H31F3N4O3S. The van der Waals surface area contributed by atoms with E-state index in [-0.39, 0.29) is 17.7 Å². The second-order valence-corrected chi connectivity index (χ2v) is 11.5. The minimum atomic E-state index is -4.33. The second-order valence-electron chi connectivity index (χ2n) is 9.82. The van der Waals surface area contributed by atoms with E-state index in [1.807, 2.05) is 12.1 Å². The van der Waals surface area contributed by atoms with E-state index in [4.69, 9.17) is 9.68 Å². The van der Waals surface area contributed by atoms with Crippen molar-refractivity contribution in [2.75, 3.05) is 29.5 Å². The van der Waals surface area contributed by atoms with Gasteiger partial charge in [0.25, 0.3) is 0 Å². The fourth-order valence-electron chi connectivity index (χ4n) is 4.53. The van der Waals surface area contributed by atoms with Gasteiger partial charge in [-0.1, -0.05) is 31.4 Å². The summed E-state index contributed by atoms with van der Waals surface area (Å²) in [4.78, 5) is 17.8. The summed E-state index contributed by atoms with van der Waals surface area (Å²) in [5.41, 5.74) is 1.61. The summed E-state index contributed by atoms with van der Waals surface area (Å²) in [6.07, 6.45) is 3.00.